The van der Waals surface area contributed by atoms with Crippen LogP contribution < -0.4 is 4.74 Å². The normalized spacial score (nSPS) is 20.4. The summed E-state index contributed by atoms with van der Waals surface area (Å²) in [5, 5.41) is 9.08. The van der Waals surface area contributed by atoms with Gasteiger partial charge in [0.2, 0.25) is 0 Å². The number of aliphatic hydroxyl groups is 1. The number of ether oxygens (including phenoxy) is 2. The smallest absolute Gasteiger partial charge is 0.119 e. The third-order valence-electron chi connectivity index (χ3n) is 3.30. The Balaban J connectivity index is 1.64. The summed E-state index contributed by atoms with van der Waals surface area (Å²) in [6.45, 7) is 6.37. The maximum atomic E-state index is 9.08. The predicted molar refractivity (Wildman–Crippen MR) is 74.6 cm³/mol. The number of aliphatic hydroxyl groups excluding tert-OH is 1. The second kappa shape index (κ2) is 7.48. The molecule has 0 radical (unpaired) electrons. The molecule has 0 saturated carbocycles. The Morgan fingerprint density at radius 2 is 2.37 bits per heavy atom. The van der Waals surface area contributed by atoms with E-state index in [4.69, 9.17) is 14.6 Å². The molecule has 1 aromatic rings. The maximum absolute atomic E-state index is 9.08. The Hall–Kier alpha value is -1.10. The van der Waals surface area contributed by atoms with E-state index in [9.17, 15) is 0 Å². The van der Waals surface area contributed by atoms with E-state index in [0.29, 0.717) is 6.61 Å². The Morgan fingerprint density at radius 1 is 1.47 bits per heavy atom. The number of hydrogen-bond donors (Lipinski definition) is 1. The van der Waals surface area contributed by atoms with Crippen LogP contribution in [0.25, 0.3) is 0 Å². The van der Waals surface area contributed by atoms with E-state index < -0.39 is 0 Å². The zero-order valence-electron chi connectivity index (χ0n) is 11.5. The Bertz CT molecular complexity index is 383. The van der Waals surface area contributed by atoms with Crippen LogP contribution in [0.4, 0.5) is 0 Å². The first-order chi connectivity index (χ1) is 9.28. The van der Waals surface area contributed by atoms with Crippen LogP contribution in [0.15, 0.2) is 24.3 Å². The van der Waals surface area contributed by atoms with Crippen LogP contribution in [0, 0.1) is 6.92 Å². The number of aryl methyl sites for hydroxylation is 1. The fourth-order valence-electron chi connectivity index (χ4n) is 2.28. The van der Waals surface area contributed by atoms with Crippen LogP contribution in [-0.4, -0.2) is 55.6 Å². The lowest BCUT2D eigenvalue weighted by Gasteiger charge is -2.31. The van der Waals surface area contributed by atoms with Crippen molar-refractivity contribution in [1.82, 2.24) is 4.90 Å². The minimum Gasteiger partial charge on any atom is -0.494 e. The Kier molecular flexibility index (Phi) is 5.63. The fraction of sp³-hybridized carbons (Fsp3) is 0.600. The molecule has 0 amide bonds. The second-order valence-corrected chi connectivity index (χ2v) is 4.99. The van der Waals surface area contributed by atoms with Crippen molar-refractivity contribution in [2.75, 3.05) is 39.5 Å². The highest BCUT2D eigenvalue weighted by molar-refractivity contribution is 5.27. The van der Waals surface area contributed by atoms with Crippen LogP contribution in [0.2, 0.25) is 0 Å². The summed E-state index contributed by atoms with van der Waals surface area (Å²) in [4.78, 5) is 2.32. The number of rotatable bonds is 6. The first-order valence-electron chi connectivity index (χ1n) is 6.92. The van der Waals surface area contributed by atoms with Crippen molar-refractivity contribution >= 4 is 0 Å². The van der Waals surface area contributed by atoms with Crippen molar-refractivity contribution in [3.05, 3.63) is 29.8 Å². The van der Waals surface area contributed by atoms with Crippen molar-refractivity contribution in [3.63, 3.8) is 0 Å². The van der Waals surface area contributed by atoms with E-state index in [1.54, 1.807) is 0 Å². The molecule has 1 fully saturated rings. The van der Waals surface area contributed by atoms with Crippen LogP contribution in [-0.2, 0) is 4.74 Å². The molecule has 1 saturated heterocycles. The van der Waals surface area contributed by atoms with Crippen molar-refractivity contribution < 1.29 is 14.6 Å². The van der Waals surface area contributed by atoms with E-state index in [2.05, 4.69) is 24.0 Å². The standard InChI is InChI=1S/C15H23NO3/c1-13-4-2-5-14(10-13)18-8-3-6-16-7-9-19-15(11-16)12-17/h2,4-5,10,15,17H,3,6-9,11-12H2,1H3. The summed E-state index contributed by atoms with van der Waals surface area (Å²) in [7, 11) is 0. The van der Waals surface area contributed by atoms with Crippen molar-refractivity contribution in [2.24, 2.45) is 0 Å². The molecule has 4 nitrogen and oxygen atoms in total. The van der Waals surface area contributed by atoms with Crippen LogP contribution in [0.3, 0.4) is 0 Å². The molecule has 1 N–H and O–H groups in total. The van der Waals surface area contributed by atoms with Gasteiger partial charge in [0.1, 0.15) is 5.75 Å². The highest BCUT2D eigenvalue weighted by Crippen LogP contribution is 2.12. The molecule has 1 atom stereocenters. The third-order valence-corrected chi connectivity index (χ3v) is 3.30. The van der Waals surface area contributed by atoms with Gasteiger partial charge < -0.3 is 14.6 Å². The predicted octanol–water partition coefficient (Wildman–Crippen LogP) is 1.46. The van der Waals surface area contributed by atoms with Gasteiger partial charge in [0.15, 0.2) is 0 Å². The summed E-state index contributed by atoms with van der Waals surface area (Å²) in [6, 6.07) is 8.12. The van der Waals surface area contributed by atoms with Gasteiger partial charge in [-0.05, 0) is 31.0 Å². The van der Waals surface area contributed by atoms with Gasteiger partial charge in [-0.2, -0.15) is 0 Å². The number of hydrogen-bond acceptors (Lipinski definition) is 4. The van der Waals surface area contributed by atoms with Gasteiger partial charge in [-0.25, -0.2) is 0 Å². The van der Waals surface area contributed by atoms with Gasteiger partial charge in [-0.1, -0.05) is 12.1 Å². The first kappa shape index (κ1) is 14.3. The lowest BCUT2D eigenvalue weighted by Crippen LogP contribution is -2.44. The van der Waals surface area contributed by atoms with Gasteiger partial charge in [-0.3, -0.25) is 4.90 Å². The van der Waals surface area contributed by atoms with Crippen molar-refractivity contribution in [2.45, 2.75) is 19.4 Å². The number of morpholine rings is 1. The number of nitrogens with zero attached hydrogens (tertiary/aromatic N) is 1. The minimum atomic E-state index is -0.0218. The molecule has 0 bridgehead atoms. The van der Waals surface area contributed by atoms with E-state index in [0.717, 1.165) is 38.4 Å². The molecule has 2 rings (SSSR count). The summed E-state index contributed by atoms with van der Waals surface area (Å²) in [5.41, 5.74) is 1.22. The van der Waals surface area contributed by atoms with Crippen molar-refractivity contribution in [1.29, 1.82) is 0 Å². The summed E-state index contributed by atoms with van der Waals surface area (Å²) in [6.07, 6.45) is 0.970. The molecule has 1 unspecified atom stereocenters. The van der Waals surface area contributed by atoms with E-state index in [1.807, 2.05) is 12.1 Å². The van der Waals surface area contributed by atoms with Crippen molar-refractivity contribution in [3.8, 4) is 5.75 Å². The minimum absolute atomic E-state index is 0.0218. The molecule has 1 heterocycles. The molecular weight excluding hydrogens is 242 g/mol. The molecule has 106 valence electrons. The SMILES string of the molecule is Cc1cccc(OCCCN2CCOC(CO)C2)c1. The maximum Gasteiger partial charge on any atom is 0.119 e. The van der Waals surface area contributed by atoms with E-state index in [1.165, 1.54) is 5.56 Å². The van der Waals surface area contributed by atoms with E-state index in [-0.39, 0.29) is 12.7 Å². The first-order valence-corrected chi connectivity index (χ1v) is 6.92. The van der Waals surface area contributed by atoms with Gasteiger partial charge >= 0.3 is 0 Å². The molecule has 0 aromatic heterocycles. The average Bonchev–Trinajstić information content (AvgIpc) is 2.44. The largest absolute Gasteiger partial charge is 0.494 e. The lowest BCUT2D eigenvalue weighted by molar-refractivity contribution is -0.0533. The molecule has 4 heteroatoms. The third kappa shape index (κ3) is 4.82. The van der Waals surface area contributed by atoms with Crippen LogP contribution >= 0.6 is 0 Å². The molecule has 0 aliphatic carbocycles. The van der Waals surface area contributed by atoms with Gasteiger partial charge in [0, 0.05) is 19.6 Å². The van der Waals surface area contributed by atoms with Gasteiger partial charge in [0.05, 0.1) is 25.9 Å². The van der Waals surface area contributed by atoms with Gasteiger partial charge in [-0.15, -0.1) is 0 Å². The molecule has 1 aromatic carbocycles. The summed E-state index contributed by atoms with van der Waals surface area (Å²) in [5.74, 6) is 0.940. The summed E-state index contributed by atoms with van der Waals surface area (Å²) >= 11 is 0. The fourth-order valence-corrected chi connectivity index (χ4v) is 2.28. The van der Waals surface area contributed by atoms with E-state index >= 15 is 0 Å². The van der Waals surface area contributed by atoms with Crippen LogP contribution in [0.5, 0.6) is 5.75 Å². The van der Waals surface area contributed by atoms with Crippen LogP contribution in [0.1, 0.15) is 12.0 Å². The second-order valence-electron chi connectivity index (χ2n) is 4.99. The summed E-state index contributed by atoms with van der Waals surface area (Å²) < 4.78 is 11.1. The van der Waals surface area contributed by atoms with Gasteiger partial charge in [0.25, 0.3) is 0 Å². The molecule has 0 spiro atoms. The molecule has 1 aliphatic heterocycles. The highest BCUT2D eigenvalue weighted by atomic mass is 16.5. The molecule has 1 aliphatic rings. The zero-order valence-corrected chi connectivity index (χ0v) is 11.5. The number of benzene rings is 1. The quantitative estimate of drug-likeness (QED) is 0.791. The topological polar surface area (TPSA) is 41.9 Å². The molecular formula is C15H23NO3. The highest BCUT2D eigenvalue weighted by Gasteiger charge is 2.18. The Labute approximate surface area is 114 Å². The monoisotopic (exact) mass is 265 g/mol. The Morgan fingerprint density at radius 3 is 3.16 bits per heavy atom. The average molecular weight is 265 g/mol. The zero-order chi connectivity index (χ0) is 13.5. The molecule has 19 heavy (non-hydrogen) atoms. The lowest BCUT2D eigenvalue weighted by atomic mass is 10.2.